The Balaban J connectivity index is 1.84. The Morgan fingerprint density at radius 3 is 2.23 bits per heavy atom. The minimum absolute atomic E-state index is 0.152. The number of benzene rings is 2. The van der Waals surface area contributed by atoms with Crippen molar-refractivity contribution in [1.29, 1.82) is 0 Å². The maximum atomic E-state index is 12.2. The van der Waals surface area contributed by atoms with Gasteiger partial charge in [0.15, 0.2) is 0 Å². The second kappa shape index (κ2) is 7.99. The van der Waals surface area contributed by atoms with E-state index in [0.717, 1.165) is 27.8 Å². The van der Waals surface area contributed by atoms with E-state index in [0.29, 0.717) is 13.0 Å². The quantitative estimate of drug-likeness (QED) is 0.776. The molecule has 0 saturated carbocycles. The molecular formula is C18H20BrNO2. The molecule has 0 aliphatic carbocycles. The summed E-state index contributed by atoms with van der Waals surface area (Å²) in [6.45, 7) is 0.634. The fourth-order valence-corrected chi connectivity index (χ4v) is 2.45. The van der Waals surface area contributed by atoms with Gasteiger partial charge in [-0.2, -0.15) is 0 Å². The molecule has 2 aromatic rings. The van der Waals surface area contributed by atoms with Crippen LogP contribution < -0.4 is 4.74 Å². The summed E-state index contributed by atoms with van der Waals surface area (Å²) in [6.07, 6.45) is 1.26. The predicted octanol–water partition coefficient (Wildman–Crippen LogP) is 4.05. The van der Waals surface area contributed by atoms with Gasteiger partial charge in [-0.1, -0.05) is 40.2 Å². The molecular weight excluding hydrogens is 342 g/mol. The first-order valence-electron chi connectivity index (χ1n) is 7.20. The average Bonchev–Trinajstić information content (AvgIpc) is 2.55. The topological polar surface area (TPSA) is 29.5 Å². The zero-order valence-corrected chi connectivity index (χ0v) is 14.5. The van der Waals surface area contributed by atoms with Crippen LogP contribution in [-0.2, 0) is 17.8 Å². The summed E-state index contributed by atoms with van der Waals surface area (Å²) < 4.78 is 6.18. The minimum atomic E-state index is 0.152. The molecule has 0 radical (unpaired) electrons. The summed E-state index contributed by atoms with van der Waals surface area (Å²) in [4.78, 5) is 14.0. The highest BCUT2D eigenvalue weighted by atomic mass is 79.9. The summed E-state index contributed by atoms with van der Waals surface area (Å²) in [5.74, 6) is 0.987. The van der Waals surface area contributed by atoms with Crippen molar-refractivity contribution in [3.63, 3.8) is 0 Å². The molecule has 0 aliphatic rings. The van der Waals surface area contributed by atoms with Gasteiger partial charge in [-0.15, -0.1) is 0 Å². The lowest BCUT2D eigenvalue weighted by atomic mass is 10.1. The van der Waals surface area contributed by atoms with E-state index in [1.165, 1.54) is 0 Å². The highest BCUT2D eigenvalue weighted by Gasteiger charge is 2.09. The maximum Gasteiger partial charge on any atom is 0.222 e. The second-order valence-electron chi connectivity index (χ2n) is 5.22. The lowest BCUT2D eigenvalue weighted by Crippen LogP contribution is -2.26. The second-order valence-corrected chi connectivity index (χ2v) is 6.14. The van der Waals surface area contributed by atoms with E-state index < -0.39 is 0 Å². The van der Waals surface area contributed by atoms with E-state index in [-0.39, 0.29) is 5.91 Å². The molecule has 1 amide bonds. The first-order chi connectivity index (χ1) is 10.6. The fraction of sp³-hybridized carbons (Fsp3) is 0.278. The van der Waals surface area contributed by atoms with E-state index in [9.17, 15) is 4.79 Å². The SMILES string of the molecule is COc1ccc(CCC(=O)N(C)Cc2ccc(Br)cc2)cc1. The van der Waals surface area contributed by atoms with E-state index in [2.05, 4.69) is 15.9 Å². The smallest absolute Gasteiger partial charge is 0.222 e. The standard InChI is InChI=1S/C18H20BrNO2/c1-20(13-15-3-8-16(19)9-4-15)18(21)12-7-14-5-10-17(22-2)11-6-14/h3-6,8-11H,7,12-13H2,1-2H3. The minimum Gasteiger partial charge on any atom is -0.497 e. The number of hydrogen-bond donors (Lipinski definition) is 0. The number of carbonyl (C=O) groups is 1. The van der Waals surface area contributed by atoms with Crippen LogP contribution in [0.15, 0.2) is 53.0 Å². The Bertz CT molecular complexity index is 608. The lowest BCUT2D eigenvalue weighted by molar-refractivity contribution is -0.130. The molecule has 0 aromatic heterocycles. The largest absolute Gasteiger partial charge is 0.497 e. The summed E-state index contributed by atoms with van der Waals surface area (Å²) in [6, 6.07) is 15.9. The van der Waals surface area contributed by atoms with Gasteiger partial charge in [0.1, 0.15) is 5.75 Å². The first-order valence-corrected chi connectivity index (χ1v) is 7.99. The van der Waals surface area contributed by atoms with Crippen molar-refractivity contribution in [2.75, 3.05) is 14.2 Å². The van der Waals surface area contributed by atoms with E-state index >= 15 is 0 Å². The van der Waals surface area contributed by atoms with E-state index in [1.807, 2.05) is 55.6 Å². The van der Waals surface area contributed by atoms with Crippen LogP contribution in [-0.4, -0.2) is 25.0 Å². The van der Waals surface area contributed by atoms with Crippen molar-refractivity contribution in [2.45, 2.75) is 19.4 Å². The zero-order chi connectivity index (χ0) is 15.9. The summed E-state index contributed by atoms with van der Waals surface area (Å²) in [5.41, 5.74) is 2.27. The van der Waals surface area contributed by atoms with Gasteiger partial charge in [-0.25, -0.2) is 0 Å². The Morgan fingerprint density at radius 1 is 1.05 bits per heavy atom. The lowest BCUT2D eigenvalue weighted by Gasteiger charge is -2.17. The molecule has 2 aromatic carbocycles. The normalized spacial score (nSPS) is 10.3. The molecule has 0 saturated heterocycles. The number of aryl methyl sites for hydroxylation is 1. The Morgan fingerprint density at radius 2 is 1.64 bits per heavy atom. The van der Waals surface area contributed by atoms with Crippen molar-refractivity contribution in [1.82, 2.24) is 4.90 Å². The van der Waals surface area contributed by atoms with Crippen molar-refractivity contribution >= 4 is 21.8 Å². The van der Waals surface area contributed by atoms with Gasteiger partial charge in [0.05, 0.1) is 7.11 Å². The fourth-order valence-electron chi connectivity index (χ4n) is 2.19. The van der Waals surface area contributed by atoms with Gasteiger partial charge in [-0.3, -0.25) is 4.79 Å². The Labute approximate surface area is 140 Å². The van der Waals surface area contributed by atoms with Crippen molar-refractivity contribution in [2.24, 2.45) is 0 Å². The van der Waals surface area contributed by atoms with Crippen LogP contribution in [0, 0.1) is 0 Å². The van der Waals surface area contributed by atoms with E-state index in [4.69, 9.17) is 4.74 Å². The van der Waals surface area contributed by atoms with Gasteiger partial charge >= 0.3 is 0 Å². The number of carbonyl (C=O) groups excluding carboxylic acids is 1. The molecule has 0 fully saturated rings. The van der Waals surface area contributed by atoms with Gasteiger partial charge < -0.3 is 9.64 Å². The van der Waals surface area contributed by atoms with Crippen LogP contribution in [0.2, 0.25) is 0 Å². The van der Waals surface area contributed by atoms with Gasteiger partial charge in [0.2, 0.25) is 5.91 Å². The maximum absolute atomic E-state index is 12.2. The summed E-state index contributed by atoms with van der Waals surface area (Å²) >= 11 is 3.41. The van der Waals surface area contributed by atoms with Crippen LogP contribution in [0.4, 0.5) is 0 Å². The van der Waals surface area contributed by atoms with Crippen molar-refractivity contribution < 1.29 is 9.53 Å². The number of methoxy groups -OCH3 is 1. The molecule has 0 atom stereocenters. The molecule has 116 valence electrons. The third-order valence-corrected chi connectivity index (χ3v) is 4.07. The number of nitrogens with zero attached hydrogens (tertiary/aromatic N) is 1. The summed E-state index contributed by atoms with van der Waals surface area (Å²) in [5, 5.41) is 0. The third kappa shape index (κ3) is 4.88. The van der Waals surface area contributed by atoms with Gasteiger partial charge in [0, 0.05) is 24.5 Å². The van der Waals surface area contributed by atoms with Gasteiger partial charge in [0.25, 0.3) is 0 Å². The molecule has 0 N–H and O–H groups in total. The van der Waals surface area contributed by atoms with Crippen LogP contribution in [0.5, 0.6) is 5.75 Å². The molecule has 2 rings (SSSR count). The number of rotatable bonds is 6. The van der Waals surface area contributed by atoms with Gasteiger partial charge in [-0.05, 0) is 41.8 Å². The molecule has 0 heterocycles. The Kier molecular flexibility index (Phi) is 6.01. The first kappa shape index (κ1) is 16.6. The van der Waals surface area contributed by atoms with Crippen molar-refractivity contribution in [3.05, 3.63) is 64.1 Å². The monoisotopic (exact) mass is 361 g/mol. The highest BCUT2D eigenvalue weighted by molar-refractivity contribution is 9.10. The molecule has 0 bridgehead atoms. The van der Waals surface area contributed by atoms with Crippen LogP contribution in [0.25, 0.3) is 0 Å². The van der Waals surface area contributed by atoms with Crippen LogP contribution in [0.1, 0.15) is 17.5 Å². The molecule has 3 nitrogen and oxygen atoms in total. The van der Waals surface area contributed by atoms with Crippen molar-refractivity contribution in [3.8, 4) is 5.75 Å². The number of ether oxygens (including phenoxy) is 1. The Hall–Kier alpha value is -1.81. The van der Waals surface area contributed by atoms with Crippen LogP contribution >= 0.6 is 15.9 Å². The molecule has 22 heavy (non-hydrogen) atoms. The predicted molar refractivity (Wildman–Crippen MR) is 91.9 cm³/mol. The zero-order valence-electron chi connectivity index (χ0n) is 12.9. The number of hydrogen-bond acceptors (Lipinski definition) is 2. The molecule has 0 unspecified atom stereocenters. The summed E-state index contributed by atoms with van der Waals surface area (Å²) in [7, 11) is 3.49. The highest BCUT2D eigenvalue weighted by Crippen LogP contribution is 2.14. The average molecular weight is 362 g/mol. The third-order valence-electron chi connectivity index (χ3n) is 3.55. The van der Waals surface area contributed by atoms with E-state index in [1.54, 1.807) is 12.0 Å². The molecule has 0 spiro atoms. The number of amides is 1. The molecule has 4 heteroatoms. The number of halogens is 1. The van der Waals surface area contributed by atoms with Crippen LogP contribution in [0.3, 0.4) is 0 Å². The molecule has 0 aliphatic heterocycles.